The van der Waals surface area contributed by atoms with Crippen LogP contribution >= 0.6 is 0 Å². The number of nitrogens with two attached hydrogens (primary N) is 2. The van der Waals surface area contributed by atoms with Gasteiger partial charge in [-0.1, -0.05) is 24.3 Å². The molecule has 180 valence electrons. The molecule has 0 saturated carbocycles. The fourth-order valence-electron chi connectivity index (χ4n) is 3.55. The SMILES string of the molecule is CN(C)CCCOc1ccc(C(N)=O)cc1Nc1nccc(Oc2ccc(N)c3ccccc23)n1. The van der Waals surface area contributed by atoms with Gasteiger partial charge in [0.2, 0.25) is 17.7 Å². The second-order valence-electron chi connectivity index (χ2n) is 8.22. The van der Waals surface area contributed by atoms with Crippen molar-refractivity contribution in [2.45, 2.75) is 6.42 Å². The molecule has 5 N–H and O–H groups in total. The standard InChI is InChI=1S/C26H28N6O3/c1-32(2)14-5-15-34-23-10-8-17(25(28)33)16-21(23)30-26-29-13-12-24(31-26)35-22-11-9-20(27)18-6-3-4-7-19(18)22/h3-4,6-13,16H,5,14-15,27H2,1-2H3,(H2,28,33)(H,29,30,31). The van der Waals surface area contributed by atoms with E-state index >= 15 is 0 Å². The molecule has 0 saturated heterocycles. The number of primary amides is 1. The van der Waals surface area contributed by atoms with Crippen LogP contribution in [0.25, 0.3) is 10.8 Å². The van der Waals surface area contributed by atoms with Crippen LogP contribution < -0.4 is 26.3 Å². The fraction of sp³-hybridized carbons (Fsp3) is 0.192. The molecule has 1 heterocycles. The van der Waals surface area contributed by atoms with Gasteiger partial charge in [-0.25, -0.2) is 4.98 Å². The molecule has 1 aromatic heterocycles. The Morgan fingerprint density at radius 1 is 1.03 bits per heavy atom. The van der Waals surface area contributed by atoms with Crippen molar-refractivity contribution in [3.05, 3.63) is 72.4 Å². The second-order valence-corrected chi connectivity index (χ2v) is 8.22. The minimum atomic E-state index is -0.541. The maximum Gasteiger partial charge on any atom is 0.248 e. The van der Waals surface area contributed by atoms with Crippen molar-refractivity contribution in [1.29, 1.82) is 0 Å². The number of fused-ring (bicyclic) bond motifs is 1. The van der Waals surface area contributed by atoms with Crippen LogP contribution in [-0.2, 0) is 0 Å². The highest BCUT2D eigenvalue weighted by Gasteiger charge is 2.12. The van der Waals surface area contributed by atoms with Gasteiger partial charge in [0.1, 0.15) is 11.5 Å². The van der Waals surface area contributed by atoms with Crippen molar-refractivity contribution in [1.82, 2.24) is 14.9 Å². The number of nitrogens with zero attached hydrogens (tertiary/aromatic N) is 3. The lowest BCUT2D eigenvalue weighted by Gasteiger charge is -2.15. The molecule has 0 fully saturated rings. The molecule has 1 amide bonds. The van der Waals surface area contributed by atoms with E-state index in [0.717, 1.165) is 23.7 Å². The molecule has 3 aromatic carbocycles. The summed E-state index contributed by atoms with van der Waals surface area (Å²) in [5, 5.41) is 4.90. The lowest BCUT2D eigenvalue weighted by atomic mass is 10.1. The van der Waals surface area contributed by atoms with Gasteiger partial charge in [-0.3, -0.25) is 4.79 Å². The third kappa shape index (κ3) is 5.96. The Balaban J connectivity index is 1.57. The predicted molar refractivity (Wildman–Crippen MR) is 137 cm³/mol. The zero-order chi connectivity index (χ0) is 24.8. The van der Waals surface area contributed by atoms with Crippen molar-refractivity contribution in [2.24, 2.45) is 5.73 Å². The molecule has 4 rings (SSSR count). The third-order valence-corrected chi connectivity index (χ3v) is 5.28. The Kier molecular flexibility index (Phi) is 7.27. The van der Waals surface area contributed by atoms with Crippen LogP contribution in [0.4, 0.5) is 17.3 Å². The summed E-state index contributed by atoms with van der Waals surface area (Å²) in [6.07, 6.45) is 2.43. The van der Waals surface area contributed by atoms with E-state index in [1.165, 1.54) is 0 Å². The fourth-order valence-corrected chi connectivity index (χ4v) is 3.55. The molecule has 9 nitrogen and oxygen atoms in total. The van der Waals surface area contributed by atoms with Gasteiger partial charge in [0, 0.05) is 40.8 Å². The number of ether oxygens (including phenoxy) is 2. The summed E-state index contributed by atoms with van der Waals surface area (Å²) in [7, 11) is 4.02. The van der Waals surface area contributed by atoms with Gasteiger partial charge in [0.05, 0.1) is 12.3 Å². The number of carbonyl (C=O) groups excluding carboxylic acids is 1. The molecule has 0 radical (unpaired) electrons. The first-order valence-corrected chi connectivity index (χ1v) is 11.2. The van der Waals surface area contributed by atoms with Gasteiger partial charge in [-0.2, -0.15) is 4.98 Å². The summed E-state index contributed by atoms with van der Waals surface area (Å²) < 4.78 is 12.0. The van der Waals surface area contributed by atoms with Gasteiger partial charge in [0.15, 0.2) is 0 Å². The third-order valence-electron chi connectivity index (χ3n) is 5.28. The smallest absolute Gasteiger partial charge is 0.248 e. The highest BCUT2D eigenvalue weighted by molar-refractivity contribution is 5.97. The normalized spacial score (nSPS) is 10.9. The first-order valence-electron chi connectivity index (χ1n) is 11.2. The van der Waals surface area contributed by atoms with Crippen LogP contribution in [-0.4, -0.2) is 48.0 Å². The summed E-state index contributed by atoms with van der Waals surface area (Å²) in [6.45, 7) is 1.40. The van der Waals surface area contributed by atoms with Gasteiger partial charge in [-0.05, 0) is 50.8 Å². The minimum absolute atomic E-state index is 0.280. The number of anilines is 3. The van der Waals surface area contributed by atoms with Crippen LogP contribution in [0.2, 0.25) is 0 Å². The number of nitrogen functional groups attached to an aromatic ring is 1. The molecule has 0 aliphatic carbocycles. The van der Waals surface area contributed by atoms with E-state index in [2.05, 4.69) is 20.2 Å². The van der Waals surface area contributed by atoms with Crippen molar-refractivity contribution in [2.75, 3.05) is 38.3 Å². The molecule has 0 aliphatic rings. The number of carbonyl (C=O) groups is 1. The summed E-state index contributed by atoms with van der Waals surface area (Å²) in [5.74, 6) is 1.27. The summed E-state index contributed by atoms with van der Waals surface area (Å²) >= 11 is 0. The Labute approximate surface area is 203 Å². The van der Waals surface area contributed by atoms with E-state index in [4.69, 9.17) is 20.9 Å². The van der Waals surface area contributed by atoms with E-state index in [9.17, 15) is 4.79 Å². The maximum absolute atomic E-state index is 11.7. The van der Waals surface area contributed by atoms with Crippen molar-refractivity contribution < 1.29 is 14.3 Å². The zero-order valence-electron chi connectivity index (χ0n) is 19.7. The highest BCUT2D eigenvalue weighted by atomic mass is 16.5. The Bertz CT molecular complexity index is 1340. The Hall–Kier alpha value is -4.37. The number of hydrogen-bond donors (Lipinski definition) is 3. The minimum Gasteiger partial charge on any atom is -0.491 e. The molecule has 4 aromatic rings. The average molecular weight is 473 g/mol. The molecule has 35 heavy (non-hydrogen) atoms. The topological polar surface area (TPSA) is 129 Å². The van der Waals surface area contributed by atoms with Crippen LogP contribution in [0.15, 0.2) is 66.9 Å². The van der Waals surface area contributed by atoms with Crippen LogP contribution in [0.5, 0.6) is 17.4 Å². The summed E-state index contributed by atoms with van der Waals surface area (Å²) in [6, 6.07) is 18.0. The largest absolute Gasteiger partial charge is 0.491 e. The number of nitrogens with one attached hydrogen (secondary N) is 1. The van der Waals surface area contributed by atoms with Crippen LogP contribution in [0.3, 0.4) is 0 Å². The summed E-state index contributed by atoms with van der Waals surface area (Å²) in [5.41, 5.74) is 13.1. The number of amides is 1. The van der Waals surface area contributed by atoms with E-state index < -0.39 is 5.91 Å². The second kappa shape index (κ2) is 10.7. The lowest BCUT2D eigenvalue weighted by Crippen LogP contribution is -2.16. The van der Waals surface area contributed by atoms with Gasteiger partial charge >= 0.3 is 0 Å². The van der Waals surface area contributed by atoms with E-state index in [0.29, 0.717) is 40.9 Å². The molecular formula is C26H28N6O3. The first kappa shape index (κ1) is 23.8. The predicted octanol–water partition coefficient (Wildman–Crippen LogP) is 4.18. The number of aromatic nitrogens is 2. The monoisotopic (exact) mass is 472 g/mol. The molecule has 9 heteroatoms. The van der Waals surface area contributed by atoms with E-state index in [1.54, 1.807) is 36.5 Å². The first-order chi connectivity index (χ1) is 16.9. The van der Waals surface area contributed by atoms with Gasteiger partial charge in [0.25, 0.3) is 0 Å². The number of benzene rings is 3. The van der Waals surface area contributed by atoms with E-state index in [1.807, 2.05) is 44.4 Å². The zero-order valence-corrected chi connectivity index (χ0v) is 19.7. The molecule has 0 atom stereocenters. The summed E-state index contributed by atoms with van der Waals surface area (Å²) in [4.78, 5) is 22.6. The van der Waals surface area contributed by atoms with Crippen molar-refractivity contribution >= 4 is 34.0 Å². The van der Waals surface area contributed by atoms with Crippen molar-refractivity contribution in [3.8, 4) is 17.4 Å². The van der Waals surface area contributed by atoms with Gasteiger partial charge in [-0.15, -0.1) is 0 Å². The Morgan fingerprint density at radius 2 is 1.80 bits per heavy atom. The average Bonchev–Trinajstić information content (AvgIpc) is 2.84. The molecule has 0 spiro atoms. The quantitative estimate of drug-likeness (QED) is 0.232. The lowest BCUT2D eigenvalue weighted by molar-refractivity contribution is 0.100. The van der Waals surface area contributed by atoms with Crippen LogP contribution in [0, 0.1) is 0 Å². The van der Waals surface area contributed by atoms with E-state index in [-0.39, 0.29) is 5.95 Å². The number of hydrogen-bond acceptors (Lipinski definition) is 8. The number of rotatable bonds is 10. The molecule has 0 unspecified atom stereocenters. The van der Waals surface area contributed by atoms with Gasteiger partial charge < -0.3 is 31.2 Å². The van der Waals surface area contributed by atoms with Crippen LogP contribution in [0.1, 0.15) is 16.8 Å². The van der Waals surface area contributed by atoms with Crippen molar-refractivity contribution in [3.63, 3.8) is 0 Å². The molecular weight excluding hydrogens is 444 g/mol. The molecule has 0 aliphatic heterocycles. The highest BCUT2D eigenvalue weighted by Crippen LogP contribution is 2.33. The Morgan fingerprint density at radius 3 is 2.57 bits per heavy atom. The maximum atomic E-state index is 11.7. The molecule has 0 bridgehead atoms.